The van der Waals surface area contributed by atoms with Gasteiger partial charge in [-0.2, -0.15) is 0 Å². The average Bonchev–Trinajstić information content (AvgIpc) is 2.62. The Hall–Kier alpha value is -2.79. The summed E-state index contributed by atoms with van der Waals surface area (Å²) in [6.07, 6.45) is 0. The predicted molar refractivity (Wildman–Crippen MR) is 111 cm³/mol. The van der Waals surface area contributed by atoms with Crippen LogP contribution in [0.15, 0.2) is 66.7 Å². The summed E-state index contributed by atoms with van der Waals surface area (Å²) in [6, 6.07) is 20.2. The van der Waals surface area contributed by atoms with Crippen molar-refractivity contribution in [3.63, 3.8) is 0 Å². The second-order valence-corrected chi connectivity index (χ2v) is 7.93. The van der Waals surface area contributed by atoms with Gasteiger partial charge in [0, 0.05) is 17.3 Å². The molecule has 4 nitrogen and oxygen atoms in total. The molecular formula is C22H23NO3S. The lowest BCUT2D eigenvalue weighted by Gasteiger charge is -2.14. The molecule has 0 aliphatic carbocycles. The van der Waals surface area contributed by atoms with Gasteiger partial charge in [0.1, 0.15) is 22.5 Å². The maximum atomic E-state index is 12.4. The minimum absolute atomic E-state index is 0.0134. The number of benzene rings is 3. The van der Waals surface area contributed by atoms with Crippen molar-refractivity contribution in [2.24, 2.45) is 0 Å². The highest BCUT2D eigenvalue weighted by molar-refractivity contribution is 7.85. The minimum Gasteiger partial charge on any atom is -0.508 e. The van der Waals surface area contributed by atoms with E-state index in [1.54, 1.807) is 6.07 Å². The molecule has 140 valence electrons. The van der Waals surface area contributed by atoms with E-state index in [2.05, 4.69) is 4.72 Å². The van der Waals surface area contributed by atoms with Crippen LogP contribution in [0.4, 0.5) is 5.69 Å². The highest BCUT2D eigenvalue weighted by atomic mass is 32.2. The Kier molecular flexibility index (Phi) is 5.81. The Bertz CT molecular complexity index is 955. The molecule has 3 aromatic carbocycles. The van der Waals surface area contributed by atoms with Gasteiger partial charge >= 0.3 is 0 Å². The summed E-state index contributed by atoms with van der Waals surface area (Å²) in [6.45, 7) is 3.97. The highest BCUT2D eigenvalue weighted by Crippen LogP contribution is 2.38. The van der Waals surface area contributed by atoms with E-state index in [4.69, 9.17) is 0 Å². The van der Waals surface area contributed by atoms with Crippen molar-refractivity contribution < 1.29 is 14.4 Å². The van der Waals surface area contributed by atoms with Crippen LogP contribution in [-0.2, 0) is 16.7 Å². The molecule has 0 fully saturated rings. The fourth-order valence-electron chi connectivity index (χ4n) is 2.93. The van der Waals surface area contributed by atoms with Crippen molar-refractivity contribution in [1.29, 1.82) is 0 Å². The molecule has 0 bridgehead atoms. The third-order valence-electron chi connectivity index (χ3n) is 4.31. The maximum absolute atomic E-state index is 12.4. The lowest BCUT2D eigenvalue weighted by atomic mass is 9.95. The van der Waals surface area contributed by atoms with E-state index in [1.165, 1.54) is 6.07 Å². The Morgan fingerprint density at radius 2 is 1.67 bits per heavy atom. The van der Waals surface area contributed by atoms with Crippen LogP contribution in [0.3, 0.4) is 0 Å². The van der Waals surface area contributed by atoms with Gasteiger partial charge in [-0.05, 0) is 40.8 Å². The van der Waals surface area contributed by atoms with Gasteiger partial charge < -0.3 is 14.9 Å². The first-order valence-corrected chi connectivity index (χ1v) is 10.1. The molecule has 0 heterocycles. The molecule has 0 spiro atoms. The maximum Gasteiger partial charge on any atom is 0.127 e. The van der Waals surface area contributed by atoms with Crippen molar-refractivity contribution in [3.05, 3.63) is 77.9 Å². The quantitative estimate of drug-likeness (QED) is 0.552. The molecule has 0 saturated carbocycles. The Morgan fingerprint density at radius 3 is 2.37 bits per heavy atom. The normalized spacial score (nSPS) is 12.1. The van der Waals surface area contributed by atoms with Crippen LogP contribution in [-0.4, -0.2) is 14.4 Å². The van der Waals surface area contributed by atoms with Crippen LogP contribution in [0, 0.1) is 0 Å². The van der Waals surface area contributed by atoms with Crippen molar-refractivity contribution in [2.45, 2.75) is 25.5 Å². The van der Waals surface area contributed by atoms with Gasteiger partial charge in [0.05, 0.1) is 5.75 Å². The Morgan fingerprint density at radius 1 is 0.926 bits per heavy atom. The molecule has 3 rings (SSSR count). The van der Waals surface area contributed by atoms with E-state index >= 15 is 0 Å². The summed E-state index contributed by atoms with van der Waals surface area (Å²) in [7, 11) is -1.26. The Balaban J connectivity index is 1.84. The van der Waals surface area contributed by atoms with Crippen molar-refractivity contribution in [2.75, 3.05) is 4.72 Å². The summed E-state index contributed by atoms with van der Waals surface area (Å²) in [5, 5.41) is 20.3. The van der Waals surface area contributed by atoms with Crippen LogP contribution >= 0.6 is 0 Å². The van der Waals surface area contributed by atoms with Crippen LogP contribution in [0.25, 0.3) is 11.1 Å². The number of hydrogen-bond donors (Lipinski definition) is 3. The van der Waals surface area contributed by atoms with E-state index in [0.29, 0.717) is 17.0 Å². The summed E-state index contributed by atoms with van der Waals surface area (Å²) >= 11 is 0. The van der Waals surface area contributed by atoms with E-state index < -0.39 is 11.0 Å². The van der Waals surface area contributed by atoms with Crippen molar-refractivity contribution in [1.82, 2.24) is 0 Å². The molecule has 0 saturated heterocycles. The highest BCUT2D eigenvalue weighted by Gasteiger charge is 2.13. The van der Waals surface area contributed by atoms with Gasteiger partial charge in [-0.15, -0.1) is 0 Å². The van der Waals surface area contributed by atoms with Gasteiger partial charge in [0.15, 0.2) is 0 Å². The number of nitrogens with one attached hydrogen (secondary N) is 1. The molecule has 0 aromatic heterocycles. The Labute approximate surface area is 162 Å². The first kappa shape index (κ1) is 19.0. The number of hydrogen-bond acceptors (Lipinski definition) is 3. The summed E-state index contributed by atoms with van der Waals surface area (Å²) in [4.78, 5) is 0. The first-order chi connectivity index (χ1) is 12.9. The molecule has 3 aromatic rings. The van der Waals surface area contributed by atoms with E-state index in [-0.39, 0.29) is 17.4 Å². The van der Waals surface area contributed by atoms with Gasteiger partial charge in [-0.1, -0.05) is 56.3 Å². The molecule has 0 radical (unpaired) electrons. The molecule has 0 aliphatic rings. The van der Waals surface area contributed by atoms with Gasteiger partial charge in [-0.3, -0.25) is 0 Å². The topological polar surface area (TPSA) is 69.6 Å². The minimum atomic E-state index is -1.26. The number of rotatable bonds is 6. The fourth-order valence-corrected chi connectivity index (χ4v) is 3.89. The van der Waals surface area contributed by atoms with Gasteiger partial charge in [0.25, 0.3) is 0 Å². The molecule has 5 heteroatoms. The third-order valence-corrected chi connectivity index (χ3v) is 5.37. The predicted octanol–water partition coefficient (Wildman–Crippen LogP) is 5.16. The molecule has 3 N–H and O–H groups in total. The van der Waals surface area contributed by atoms with E-state index in [1.807, 2.05) is 68.4 Å². The second kappa shape index (κ2) is 8.27. The standard InChI is InChI=1S/C22H23NO3S/c1-15(2)19-12-20(22(25)13-21(19)24)17-9-6-10-18(11-17)23-27(26)14-16-7-4-3-5-8-16/h3-13,15,23-25H,14H2,1-2H3. The lowest BCUT2D eigenvalue weighted by Crippen LogP contribution is -2.07. The summed E-state index contributed by atoms with van der Waals surface area (Å²) in [5.41, 5.74) is 3.90. The van der Waals surface area contributed by atoms with Crippen LogP contribution in [0.5, 0.6) is 11.5 Å². The number of anilines is 1. The molecule has 0 aliphatic heterocycles. The molecular weight excluding hydrogens is 358 g/mol. The third kappa shape index (κ3) is 4.68. The zero-order chi connectivity index (χ0) is 19.4. The zero-order valence-electron chi connectivity index (χ0n) is 15.3. The van der Waals surface area contributed by atoms with Gasteiger partial charge in [-0.25, -0.2) is 4.21 Å². The fraction of sp³-hybridized carbons (Fsp3) is 0.182. The van der Waals surface area contributed by atoms with E-state index in [9.17, 15) is 14.4 Å². The molecule has 1 atom stereocenters. The number of phenolic OH excluding ortho intramolecular Hbond substituents is 2. The summed E-state index contributed by atoms with van der Waals surface area (Å²) in [5.74, 6) is 0.639. The summed E-state index contributed by atoms with van der Waals surface area (Å²) < 4.78 is 15.4. The van der Waals surface area contributed by atoms with E-state index in [0.717, 1.165) is 16.7 Å². The SMILES string of the molecule is CC(C)c1cc(-c2cccc(NS(=O)Cc3ccccc3)c2)c(O)cc1O. The van der Waals surface area contributed by atoms with Gasteiger partial charge in [0.2, 0.25) is 0 Å². The van der Waals surface area contributed by atoms with Crippen molar-refractivity contribution >= 4 is 16.7 Å². The first-order valence-electron chi connectivity index (χ1n) is 8.79. The molecule has 27 heavy (non-hydrogen) atoms. The van der Waals surface area contributed by atoms with Crippen LogP contribution < -0.4 is 4.72 Å². The lowest BCUT2D eigenvalue weighted by molar-refractivity contribution is 0.445. The van der Waals surface area contributed by atoms with Crippen molar-refractivity contribution in [3.8, 4) is 22.6 Å². The monoisotopic (exact) mass is 381 g/mol. The second-order valence-electron chi connectivity index (χ2n) is 6.74. The number of phenols is 2. The average molecular weight is 381 g/mol. The van der Waals surface area contributed by atoms with Crippen LogP contribution in [0.2, 0.25) is 0 Å². The molecule has 1 unspecified atom stereocenters. The molecule has 0 amide bonds. The largest absolute Gasteiger partial charge is 0.508 e. The zero-order valence-corrected chi connectivity index (χ0v) is 16.2. The van der Waals surface area contributed by atoms with Crippen LogP contribution in [0.1, 0.15) is 30.9 Å². The number of aromatic hydroxyl groups is 2. The smallest absolute Gasteiger partial charge is 0.127 e.